The van der Waals surface area contributed by atoms with E-state index in [0.717, 1.165) is 11.1 Å². The zero-order valence-corrected chi connectivity index (χ0v) is 15.3. The van der Waals surface area contributed by atoms with E-state index in [-0.39, 0.29) is 18.3 Å². The minimum Gasteiger partial charge on any atom is -0.496 e. The van der Waals surface area contributed by atoms with Gasteiger partial charge in [0.05, 0.1) is 13.2 Å². The van der Waals surface area contributed by atoms with Crippen molar-refractivity contribution in [2.45, 2.75) is 19.0 Å². The van der Waals surface area contributed by atoms with Crippen LogP contribution in [0.25, 0.3) is 0 Å². The Kier molecular flexibility index (Phi) is 8.05. The van der Waals surface area contributed by atoms with Gasteiger partial charge in [-0.25, -0.2) is 0 Å². The summed E-state index contributed by atoms with van der Waals surface area (Å²) in [5.74, 6) is 0.585. The monoisotopic (exact) mass is 368 g/mol. The number of benzene rings is 2. The van der Waals surface area contributed by atoms with Crippen molar-refractivity contribution in [3.8, 4) is 5.75 Å². The van der Waals surface area contributed by atoms with Crippen molar-refractivity contribution >= 4 is 29.9 Å². The third-order valence-electron chi connectivity index (χ3n) is 3.64. The van der Waals surface area contributed by atoms with Crippen LogP contribution in [0.5, 0.6) is 5.75 Å². The fraction of sp³-hybridized carbons (Fsp3) is 0.278. The Bertz CT molecular complexity index is 665. The van der Waals surface area contributed by atoms with Gasteiger partial charge in [-0.1, -0.05) is 41.9 Å². The van der Waals surface area contributed by atoms with E-state index in [9.17, 15) is 4.79 Å². The highest BCUT2D eigenvalue weighted by molar-refractivity contribution is 6.30. The Balaban J connectivity index is 0.00000288. The SMILES string of the molecule is COc1ccc(Cl)cc1CN(C)C(=O)[C@@H](N)Cc1ccccc1.Cl. The molecular weight excluding hydrogens is 347 g/mol. The van der Waals surface area contributed by atoms with Crippen molar-refractivity contribution in [2.75, 3.05) is 14.2 Å². The second kappa shape index (κ2) is 9.52. The van der Waals surface area contributed by atoms with Gasteiger partial charge in [0.2, 0.25) is 5.91 Å². The van der Waals surface area contributed by atoms with Crippen LogP contribution in [-0.4, -0.2) is 31.0 Å². The lowest BCUT2D eigenvalue weighted by Crippen LogP contribution is -2.42. The van der Waals surface area contributed by atoms with Crippen molar-refractivity contribution in [2.24, 2.45) is 5.73 Å². The summed E-state index contributed by atoms with van der Waals surface area (Å²) in [5.41, 5.74) is 7.95. The number of carbonyl (C=O) groups is 1. The van der Waals surface area contributed by atoms with E-state index < -0.39 is 6.04 Å². The second-order valence-corrected chi connectivity index (χ2v) is 5.88. The molecule has 4 nitrogen and oxygen atoms in total. The van der Waals surface area contributed by atoms with E-state index in [1.807, 2.05) is 30.3 Å². The van der Waals surface area contributed by atoms with Crippen LogP contribution in [0.1, 0.15) is 11.1 Å². The summed E-state index contributed by atoms with van der Waals surface area (Å²) in [6.07, 6.45) is 0.511. The quantitative estimate of drug-likeness (QED) is 0.850. The first-order valence-corrected chi connectivity index (χ1v) is 7.76. The molecule has 0 aromatic heterocycles. The van der Waals surface area contributed by atoms with Gasteiger partial charge in [0.15, 0.2) is 0 Å². The van der Waals surface area contributed by atoms with E-state index in [2.05, 4.69) is 0 Å². The van der Waals surface area contributed by atoms with Crippen molar-refractivity contribution in [1.29, 1.82) is 0 Å². The predicted molar refractivity (Wildman–Crippen MR) is 99.8 cm³/mol. The van der Waals surface area contributed by atoms with Crippen molar-refractivity contribution in [1.82, 2.24) is 4.90 Å². The van der Waals surface area contributed by atoms with E-state index in [4.69, 9.17) is 22.1 Å². The van der Waals surface area contributed by atoms with Crippen molar-refractivity contribution < 1.29 is 9.53 Å². The maximum absolute atomic E-state index is 12.5. The summed E-state index contributed by atoms with van der Waals surface area (Å²) in [5, 5.41) is 0.607. The summed E-state index contributed by atoms with van der Waals surface area (Å²) < 4.78 is 5.31. The normalized spacial score (nSPS) is 11.3. The fourth-order valence-electron chi connectivity index (χ4n) is 2.44. The van der Waals surface area contributed by atoms with Gasteiger partial charge in [-0.05, 0) is 30.2 Å². The maximum Gasteiger partial charge on any atom is 0.239 e. The van der Waals surface area contributed by atoms with Gasteiger partial charge in [0.25, 0.3) is 0 Å². The Hall–Kier alpha value is -1.75. The molecule has 130 valence electrons. The fourth-order valence-corrected chi connectivity index (χ4v) is 2.64. The molecule has 0 aliphatic heterocycles. The van der Waals surface area contributed by atoms with Gasteiger partial charge >= 0.3 is 0 Å². The average Bonchev–Trinajstić information content (AvgIpc) is 2.55. The number of amides is 1. The van der Waals surface area contributed by atoms with Crippen LogP contribution in [0.15, 0.2) is 48.5 Å². The molecule has 0 aliphatic rings. The van der Waals surface area contributed by atoms with Gasteiger partial charge in [-0.2, -0.15) is 0 Å². The highest BCUT2D eigenvalue weighted by Crippen LogP contribution is 2.24. The molecule has 24 heavy (non-hydrogen) atoms. The largest absolute Gasteiger partial charge is 0.496 e. The minimum absolute atomic E-state index is 0. The van der Waals surface area contributed by atoms with Crippen LogP contribution >= 0.6 is 24.0 Å². The molecular formula is C18H22Cl2N2O2. The molecule has 2 aromatic carbocycles. The lowest BCUT2D eigenvalue weighted by molar-refractivity contribution is -0.131. The second-order valence-electron chi connectivity index (χ2n) is 5.45. The van der Waals surface area contributed by atoms with Crippen molar-refractivity contribution in [3.05, 3.63) is 64.7 Å². The highest BCUT2D eigenvalue weighted by atomic mass is 35.5. The van der Waals surface area contributed by atoms with Gasteiger partial charge < -0.3 is 15.4 Å². The maximum atomic E-state index is 12.5. The Labute approximate surface area is 154 Å². The number of likely N-dealkylation sites (N-methyl/N-ethyl adjacent to an activating group) is 1. The number of hydrogen-bond acceptors (Lipinski definition) is 3. The molecule has 0 bridgehead atoms. The van der Waals surface area contributed by atoms with Gasteiger partial charge in [0.1, 0.15) is 5.75 Å². The molecule has 0 fully saturated rings. The summed E-state index contributed by atoms with van der Waals surface area (Å²) >= 11 is 6.02. The summed E-state index contributed by atoms with van der Waals surface area (Å²) in [4.78, 5) is 14.1. The average molecular weight is 369 g/mol. The molecule has 0 heterocycles. The molecule has 2 aromatic rings. The van der Waals surface area contributed by atoms with Gasteiger partial charge in [0, 0.05) is 24.2 Å². The van der Waals surface area contributed by atoms with Crippen LogP contribution in [-0.2, 0) is 17.8 Å². The number of halogens is 2. The Morgan fingerprint density at radius 2 is 1.92 bits per heavy atom. The van der Waals surface area contributed by atoms with E-state index in [1.165, 1.54) is 0 Å². The Morgan fingerprint density at radius 1 is 1.25 bits per heavy atom. The molecule has 2 rings (SSSR count). The van der Waals surface area contributed by atoms with E-state index >= 15 is 0 Å². The van der Waals surface area contributed by atoms with Crippen LogP contribution in [0.2, 0.25) is 5.02 Å². The van der Waals surface area contributed by atoms with E-state index in [0.29, 0.717) is 23.7 Å². The highest BCUT2D eigenvalue weighted by Gasteiger charge is 2.19. The lowest BCUT2D eigenvalue weighted by Gasteiger charge is -2.22. The first-order valence-electron chi connectivity index (χ1n) is 7.38. The van der Waals surface area contributed by atoms with Crippen LogP contribution in [0.3, 0.4) is 0 Å². The number of nitrogens with two attached hydrogens (primary N) is 1. The third kappa shape index (κ3) is 5.41. The smallest absolute Gasteiger partial charge is 0.239 e. The summed E-state index contributed by atoms with van der Waals surface area (Å²) in [6.45, 7) is 0.394. The molecule has 1 atom stereocenters. The predicted octanol–water partition coefficient (Wildman–Crippen LogP) is 3.30. The molecule has 0 unspecified atom stereocenters. The number of carbonyl (C=O) groups excluding carboxylic acids is 1. The van der Waals surface area contributed by atoms with Crippen molar-refractivity contribution in [3.63, 3.8) is 0 Å². The standard InChI is InChI=1S/C18H21ClN2O2.ClH/c1-21(12-14-11-15(19)8-9-17(14)23-2)18(22)16(20)10-13-6-4-3-5-7-13;/h3-9,11,16H,10,12,20H2,1-2H3;1H/t16-;/m0./s1. The number of hydrogen-bond donors (Lipinski definition) is 1. The summed E-state index contributed by atoms with van der Waals surface area (Å²) in [7, 11) is 3.32. The minimum atomic E-state index is -0.576. The molecule has 0 aliphatic carbocycles. The number of nitrogens with zero attached hydrogens (tertiary/aromatic N) is 1. The first-order chi connectivity index (χ1) is 11.0. The third-order valence-corrected chi connectivity index (χ3v) is 3.88. The Morgan fingerprint density at radius 3 is 2.54 bits per heavy atom. The number of methoxy groups -OCH3 is 1. The van der Waals surface area contributed by atoms with Crippen LogP contribution in [0.4, 0.5) is 0 Å². The van der Waals surface area contributed by atoms with Crippen LogP contribution in [0, 0.1) is 0 Å². The number of rotatable bonds is 6. The molecule has 2 N–H and O–H groups in total. The van der Waals surface area contributed by atoms with Crippen LogP contribution < -0.4 is 10.5 Å². The zero-order valence-electron chi connectivity index (χ0n) is 13.7. The lowest BCUT2D eigenvalue weighted by atomic mass is 10.1. The van der Waals surface area contributed by atoms with E-state index in [1.54, 1.807) is 37.3 Å². The molecule has 0 spiro atoms. The summed E-state index contributed by atoms with van der Waals surface area (Å²) in [6, 6.07) is 14.5. The molecule has 6 heteroatoms. The molecule has 0 saturated heterocycles. The number of ether oxygens (including phenoxy) is 1. The topological polar surface area (TPSA) is 55.6 Å². The van der Waals surface area contributed by atoms with Gasteiger partial charge in [-0.15, -0.1) is 12.4 Å². The molecule has 0 saturated carbocycles. The molecule has 1 amide bonds. The molecule has 0 radical (unpaired) electrons. The first kappa shape index (κ1) is 20.3. The van der Waals surface area contributed by atoms with Gasteiger partial charge in [-0.3, -0.25) is 4.79 Å². The zero-order chi connectivity index (χ0) is 16.8.